The largest absolute Gasteiger partial charge is 0.504 e. The minimum atomic E-state index is 0.0469. The van der Waals surface area contributed by atoms with Crippen LogP contribution in [0.4, 0.5) is 5.69 Å². The molecule has 0 saturated heterocycles. The number of phenolic OH excluding ortho intramolecular Hbond substituents is 1. The molecule has 0 unspecified atom stereocenters. The van der Waals surface area contributed by atoms with Gasteiger partial charge in [0.2, 0.25) is 0 Å². The number of nitrogens with one attached hydrogen (secondary N) is 1. The van der Waals surface area contributed by atoms with Crippen molar-refractivity contribution in [2.24, 2.45) is 5.41 Å². The van der Waals surface area contributed by atoms with Crippen molar-refractivity contribution in [2.75, 3.05) is 19.0 Å². The molecule has 0 bridgehead atoms. The molecule has 0 aromatic heterocycles. The van der Waals surface area contributed by atoms with Gasteiger partial charge in [0.05, 0.1) is 13.2 Å². The highest BCUT2D eigenvalue weighted by Gasteiger charge is 2.17. The van der Waals surface area contributed by atoms with Crippen LogP contribution in [0.2, 0.25) is 0 Å². The maximum atomic E-state index is 9.65. The summed E-state index contributed by atoms with van der Waals surface area (Å²) >= 11 is 0. The lowest BCUT2D eigenvalue weighted by molar-refractivity contribution is 0.363. The molecule has 0 saturated carbocycles. The lowest BCUT2D eigenvalue weighted by Crippen LogP contribution is -2.22. The van der Waals surface area contributed by atoms with E-state index in [1.807, 2.05) is 6.07 Å². The molecule has 4 heteroatoms. The first-order chi connectivity index (χ1) is 8.48. The fourth-order valence-corrected chi connectivity index (χ4v) is 1.62. The summed E-state index contributed by atoms with van der Waals surface area (Å²) in [7, 11) is 1.52. The summed E-state index contributed by atoms with van der Waals surface area (Å²) in [6.45, 7) is 4.97. The average Bonchev–Trinajstić information content (AvgIpc) is 2.34. The molecule has 0 spiro atoms. The first-order valence-corrected chi connectivity index (χ1v) is 5.96. The van der Waals surface area contributed by atoms with Crippen LogP contribution in [0.1, 0.15) is 26.7 Å². The van der Waals surface area contributed by atoms with Crippen LogP contribution in [0.5, 0.6) is 11.5 Å². The van der Waals surface area contributed by atoms with E-state index in [1.165, 1.54) is 7.11 Å². The van der Waals surface area contributed by atoms with E-state index in [1.54, 1.807) is 12.1 Å². The minimum absolute atomic E-state index is 0.0469. The molecule has 1 aromatic carbocycles. The van der Waals surface area contributed by atoms with E-state index in [0.717, 1.165) is 18.7 Å². The van der Waals surface area contributed by atoms with Crippen LogP contribution in [0.3, 0.4) is 0 Å². The van der Waals surface area contributed by atoms with Gasteiger partial charge in [0.25, 0.3) is 0 Å². The number of phenols is 1. The molecule has 0 amide bonds. The maximum absolute atomic E-state index is 9.65. The number of aromatic hydroxyl groups is 1. The number of rotatable bonds is 6. The highest BCUT2D eigenvalue weighted by atomic mass is 16.5. The predicted octanol–water partition coefficient (Wildman–Crippen LogP) is 3.14. The molecule has 1 rings (SSSR count). The predicted molar refractivity (Wildman–Crippen MR) is 71.8 cm³/mol. The molecular weight excluding hydrogens is 228 g/mol. The Bertz CT molecular complexity index is 436. The molecule has 2 N–H and O–H groups in total. The lowest BCUT2D eigenvalue weighted by atomic mass is 9.88. The third kappa shape index (κ3) is 4.17. The van der Waals surface area contributed by atoms with Gasteiger partial charge < -0.3 is 15.2 Å². The van der Waals surface area contributed by atoms with Crippen molar-refractivity contribution in [1.29, 1.82) is 5.26 Å². The van der Waals surface area contributed by atoms with E-state index >= 15 is 0 Å². The van der Waals surface area contributed by atoms with Crippen LogP contribution in [0.25, 0.3) is 0 Å². The third-order valence-electron chi connectivity index (χ3n) is 2.86. The van der Waals surface area contributed by atoms with Crippen LogP contribution in [0, 0.1) is 16.7 Å². The highest BCUT2D eigenvalue weighted by Crippen LogP contribution is 2.29. The van der Waals surface area contributed by atoms with E-state index in [4.69, 9.17) is 10.00 Å². The number of ether oxygens (including phenoxy) is 1. The minimum Gasteiger partial charge on any atom is -0.504 e. The second-order valence-electron chi connectivity index (χ2n) is 5.06. The Labute approximate surface area is 108 Å². The van der Waals surface area contributed by atoms with Gasteiger partial charge in [-0.05, 0) is 24.0 Å². The monoisotopic (exact) mass is 248 g/mol. The highest BCUT2D eigenvalue weighted by molar-refractivity contribution is 5.54. The van der Waals surface area contributed by atoms with Gasteiger partial charge in [-0.1, -0.05) is 13.8 Å². The van der Waals surface area contributed by atoms with E-state index in [0.29, 0.717) is 12.2 Å². The van der Waals surface area contributed by atoms with Crippen LogP contribution < -0.4 is 10.1 Å². The van der Waals surface area contributed by atoms with E-state index in [-0.39, 0.29) is 11.2 Å². The molecule has 4 nitrogen and oxygen atoms in total. The van der Waals surface area contributed by atoms with Crippen molar-refractivity contribution < 1.29 is 9.84 Å². The molecule has 0 radical (unpaired) electrons. The number of nitriles is 1. The zero-order chi connectivity index (χ0) is 13.6. The van der Waals surface area contributed by atoms with Gasteiger partial charge in [0.1, 0.15) is 0 Å². The Morgan fingerprint density at radius 2 is 2.17 bits per heavy atom. The Balaban J connectivity index is 2.58. The van der Waals surface area contributed by atoms with E-state index in [9.17, 15) is 5.11 Å². The van der Waals surface area contributed by atoms with Crippen LogP contribution in [-0.2, 0) is 0 Å². The van der Waals surface area contributed by atoms with Crippen molar-refractivity contribution in [3.63, 3.8) is 0 Å². The van der Waals surface area contributed by atoms with Gasteiger partial charge in [-0.15, -0.1) is 0 Å². The van der Waals surface area contributed by atoms with Crippen molar-refractivity contribution in [3.05, 3.63) is 18.2 Å². The van der Waals surface area contributed by atoms with E-state index < -0.39 is 0 Å². The van der Waals surface area contributed by atoms with Crippen LogP contribution in [0.15, 0.2) is 18.2 Å². The van der Waals surface area contributed by atoms with Crippen molar-refractivity contribution in [1.82, 2.24) is 0 Å². The maximum Gasteiger partial charge on any atom is 0.160 e. The summed E-state index contributed by atoms with van der Waals surface area (Å²) in [6, 6.07) is 7.38. The van der Waals surface area contributed by atoms with Gasteiger partial charge in [-0.2, -0.15) is 5.26 Å². The van der Waals surface area contributed by atoms with Crippen LogP contribution in [-0.4, -0.2) is 18.8 Å². The quantitative estimate of drug-likeness (QED) is 0.811. The summed E-state index contributed by atoms with van der Waals surface area (Å²) in [5.74, 6) is 0.585. The van der Waals surface area contributed by atoms with Crippen molar-refractivity contribution >= 4 is 5.69 Å². The number of anilines is 1. The molecule has 0 aliphatic heterocycles. The molecule has 0 fully saturated rings. The fourth-order valence-electron chi connectivity index (χ4n) is 1.62. The molecule has 0 heterocycles. The van der Waals surface area contributed by atoms with E-state index in [2.05, 4.69) is 25.2 Å². The summed E-state index contributed by atoms with van der Waals surface area (Å²) in [5.41, 5.74) is 0.893. The Kier molecular flexibility index (Phi) is 4.85. The topological polar surface area (TPSA) is 65.3 Å². The Hall–Kier alpha value is -1.89. The Morgan fingerprint density at radius 3 is 2.72 bits per heavy atom. The zero-order valence-corrected chi connectivity index (χ0v) is 11.2. The second kappa shape index (κ2) is 6.15. The first kappa shape index (κ1) is 14.2. The van der Waals surface area contributed by atoms with Crippen LogP contribution >= 0.6 is 0 Å². The second-order valence-corrected chi connectivity index (χ2v) is 5.06. The summed E-state index contributed by atoms with van der Waals surface area (Å²) in [4.78, 5) is 0. The number of methoxy groups -OCH3 is 1. The van der Waals surface area contributed by atoms with Crippen molar-refractivity contribution in [3.8, 4) is 17.6 Å². The number of nitrogens with zero attached hydrogens (tertiary/aromatic N) is 1. The number of hydrogen-bond donors (Lipinski definition) is 2. The molecule has 0 aliphatic rings. The standard InChI is InChI=1S/C14H20N2O2/c1-14(2,7-4-8-15)10-16-11-5-6-13(18-3)12(17)9-11/h5-6,9,16-17H,4,7,10H2,1-3H3. The summed E-state index contributed by atoms with van der Waals surface area (Å²) in [6.07, 6.45) is 1.40. The lowest BCUT2D eigenvalue weighted by Gasteiger charge is -2.24. The van der Waals surface area contributed by atoms with Gasteiger partial charge in [-0.3, -0.25) is 0 Å². The van der Waals surface area contributed by atoms with Gasteiger partial charge in [0, 0.05) is 24.7 Å². The SMILES string of the molecule is COc1ccc(NCC(C)(C)CCC#N)cc1O. The number of benzene rings is 1. The molecular formula is C14H20N2O2. The first-order valence-electron chi connectivity index (χ1n) is 5.96. The molecule has 98 valence electrons. The smallest absolute Gasteiger partial charge is 0.160 e. The molecule has 0 atom stereocenters. The van der Waals surface area contributed by atoms with Gasteiger partial charge >= 0.3 is 0 Å². The Morgan fingerprint density at radius 1 is 1.44 bits per heavy atom. The zero-order valence-electron chi connectivity index (χ0n) is 11.2. The fraction of sp³-hybridized carbons (Fsp3) is 0.500. The van der Waals surface area contributed by atoms with Gasteiger partial charge in [0.15, 0.2) is 11.5 Å². The third-order valence-corrected chi connectivity index (χ3v) is 2.86. The average molecular weight is 248 g/mol. The van der Waals surface area contributed by atoms with Gasteiger partial charge in [-0.25, -0.2) is 0 Å². The summed E-state index contributed by atoms with van der Waals surface area (Å²) < 4.78 is 4.98. The molecule has 0 aliphatic carbocycles. The summed E-state index contributed by atoms with van der Waals surface area (Å²) in [5, 5.41) is 21.5. The van der Waals surface area contributed by atoms with Crippen molar-refractivity contribution in [2.45, 2.75) is 26.7 Å². The normalized spacial score (nSPS) is 10.8. The molecule has 18 heavy (non-hydrogen) atoms. The number of hydrogen-bond acceptors (Lipinski definition) is 4. The molecule has 1 aromatic rings.